The molecule has 0 saturated carbocycles. The third kappa shape index (κ3) is 3.13. The van der Waals surface area contributed by atoms with Gasteiger partial charge in [-0.1, -0.05) is 48.5 Å². The second kappa shape index (κ2) is 7.24. The third-order valence-corrected chi connectivity index (χ3v) is 6.03. The van der Waals surface area contributed by atoms with Crippen LogP contribution in [0.4, 0.5) is 10.5 Å². The average molecular weight is 439 g/mol. The van der Waals surface area contributed by atoms with Crippen LogP contribution in [-0.4, -0.2) is 40.8 Å². The fraction of sp³-hybridized carbons (Fsp3) is 0.292. The first-order valence-corrected chi connectivity index (χ1v) is 10.4. The first-order chi connectivity index (χ1) is 14.6. The van der Waals surface area contributed by atoms with Crippen LogP contribution in [0.2, 0.25) is 0 Å². The van der Waals surface area contributed by atoms with Gasteiger partial charge in [-0.05, 0) is 38.0 Å². The first kappa shape index (κ1) is 21.1. The van der Waals surface area contributed by atoms with Crippen molar-refractivity contribution < 1.29 is 19.1 Å². The Balaban J connectivity index is 1.99. The zero-order valence-corrected chi connectivity index (χ0v) is 18.5. The summed E-state index contributed by atoms with van der Waals surface area (Å²) in [7, 11) is 1.61. The highest BCUT2D eigenvalue weighted by atomic mass is 35.5. The molecule has 0 radical (unpaired) electrons. The summed E-state index contributed by atoms with van der Waals surface area (Å²) in [5.41, 5.74) is -0.357. The van der Waals surface area contributed by atoms with Crippen LogP contribution in [0.1, 0.15) is 31.9 Å². The van der Waals surface area contributed by atoms with Crippen molar-refractivity contribution in [1.29, 1.82) is 0 Å². The molecule has 2 aliphatic heterocycles. The van der Waals surface area contributed by atoms with E-state index in [1.54, 1.807) is 52.1 Å². The number of carbonyl (C=O) groups is 3. The monoisotopic (exact) mass is 438 g/mol. The number of rotatable bonds is 1. The van der Waals surface area contributed by atoms with Crippen molar-refractivity contribution in [2.75, 3.05) is 11.9 Å². The van der Waals surface area contributed by atoms with E-state index in [-0.39, 0.29) is 0 Å². The second-order valence-corrected chi connectivity index (χ2v) is 9.07. The predicted molar refractivity (Wildman–Crippen MR) is 119 cm³/mol. The Morgan fingerprint density at radius 2 is 1.65 bits per heavy atom. The van der Waals surface area contributed by atoms with E-state index in [9.17, 15) is 14.4 Å². The Hall–Kier alpha value is -3.12. The minimum Gasteiger partial charge on any atom is -0.443 e. The van der Waals surface area contributed by atoms with Crippen LogP contribution in [0.5, 0.6) is 0 Å². The smallest absolute Gasteiger partial charge is 0.418 e. The van der Waals surface area contributed by atoms with Gasteiger partial charge in [-0.2, -0.15) is 0 Å². The Morgan fingerprint density at radius 3 is 2.29 bits per heavy atom. The van der Waals surface area contributed by atoms with E-state index < -0.39 is 34.4 Å². The predicted octanol–water partition coefficient (Wildman–Crippen LogP) is 4.33. The van der Waals surface area contributed by atoms with Crippen molar-refractivity contribution in [2.24, 2.45) is 0 Å². The van der Waals surface area contributed by atoms with Crippen LogP contribution in [0, 0.1) is 0 Å². The molecule has 4 rings (SSSR count). The van der Waals surface area contributed by atoms with Gasteiger partial charge in [0.15, 0.2) is 5.54 Å². The van der Waals surface area contributed by atoms with E-state index in [2.05, 4.69) is 0 Å². The maximum atomic E-state index is 13.8. The van der Waals surface area contributed by atoms with Crippen LogP contribution in [-0.2, 0) is 19.9 Å². The van der Waals surface area contributed by atoms with Gasteiger partial charge in [0.05, 0.1) is 5.38 Å². The lowest BCUT2D eigenvalue weighted by atomic mass is 9.78. The number of carbonyl (C=O) groups excluding carboxylic acids is 3. The fourth-order valence-electron chi connectivity index (χ4n) is 4.21. The highest BCUT2D eigenvalue weighted by Crippen LogP contribution is 2.53. The van der Waals surface area contributed by atoms with Crippen LogP contribution >= 0.6 is 11.6 Å². The number of para-hydroxylation sites is 1. The van der Waals surface area contributed by atoms with E-state index in [0.717, 1.165) is 4.90 Å². The summed E-state index contributed by atoms with van der Waals surface area (Å²) in [6, 6.07) is 16.2. The number of likely N-dealkylation sites (N-methyl/N-ethyl adjacent to an activating group) is 1. The zero-order valence-electron chi connectivity index (χ0n) is 17.8. The number of halogens is 1. The van der Waals surface area contributed by atoms with E-state index in [0.29, 0.717) is 22.4 Å². The van der Waals surface area contributed by atoms with Crippen LogP contribution in [0.3, 0.4) is 0 Å². The summed E-state index contributed by atoms with van der Waals surface area (Å²) in [5.74, 6) is -1.11. The molecule has 0 aliphatic carbocycles. The zero-order chi connectivity index (χ0) is 22.6. The van der Waals surface area contributed by atoms with E-state index in [1.165, 1.54) is 11.0 Å². The number of alkyl halides is 1. The van der Waals surface area contributed by atoms with Gasteiger partial charge in [0.2, 0.25) is 0 Å². The standard InChI is InChI=1S/C24H23ClN2O4/c1-23(2,3)31-22(30)27-19(28)14-16(15-10-6-5-7-11-15)20(25)24(27)17-12-8-9-13-18(17)26(4)21(24)29/h5-14,20H,1-4H3. The van der Waals surface area contributed by atoms with Gasteiger partial charge >= 0.3 is 6.09 Å². The highest BCUT2D eigenvalue weighted by Gasteiger charge is 2.64. The molecule has 2 aromatic carbocycles. The molecule has 2 atom stereocenters. The number of anilines is 1. The van der Waals surface area contributed by atoms with E-state index in [4.69, 9.17) is 16.3 Å². The lowest BCUT2D eigenvalue weighted by molar-refractivity contribution is -0.142. The number of fused-ring (bicyclic) bond motifs is 2. The molecule has 0 aromatic heterocycles. The number of hydrogen-bond acceptors (Lipinski definition) is 4. The lowest BCUT2D eigenvalue weighted by Crippen LogP contribution is -2.64. The summed E-state index contributed by atoms with van der Waals surface area (Å²) in [5, 5.41) is -1.02. The molecule has 160 valence electrons. The van der Waals surface area contributed by atoms with E-state index in [1.807, 2.05) is 30.3 Å². The minimum absolute atomic E-state index is 0.463. The summed E-state index contributed by atoms with van der Waals surface area (Å²) in [6.45, 7) is 5.10. The molecule has 1 spiro atoms. The summed E-state index contributed by atoms with van der Waals surface area (Å²) < 4.78 is 5.53. The van der Waals surface area contributed by atoms with Crippen LogP contribution < -0.4 is 4.90 Å². The number of hydrogen-bond donors (Lipinski definition) is 0. The van der Waals surface area contributed by atoms with Gasteiger partial charge < -0.3 is 9.64 Å². The molecular formula is C24H23ClN2O4. The number of amides is 3. The van der Waals surface area contributed by atoms with Gasteiger partial charge in [0, 0.05) is 24.4 Å². The van der Waals surface area contributed by atoms with Crippen molar-refractivity contribution in [3.8, 4) is 0 Å². The summed E-state index contributed by atoms with van der Waals surface area (Å²) >= 11 is 7.03. The topological polar surface area (TPSA) is 66.9 Å². The van der Waals surface area contributed by atoms with Gasteiger partial charge in [0.1, 0.15) is 5.60 Å². The fourth-order valence-corrected chi connectivity index (χ4v) is 4.71. The third-order valence-electron chi connectivity index (χ3n) is 5.48. The van der Waals surface area contributed by atoms with Gasteiger partial charge in [0.25, 0.3) is 11.8 Å². The molecular weight excluding hydrogens is 416 g/mol. The molecule has 31 heavy (non-hydrogen) atoms. The molecule has 0 saturated heterocycles. The molecule has 2 heterocycles. The molecule has 0 N–H and O–H groups in total. The molecule has 7 heteroatoms. The normalized spacial score (nSPS) is 23.1. The number of ether oxygens (including phenoxy) is 1. The Kier molecular flexibility index (Phi) is 4.93. The van der Waals surface area contributed by atoms with Crippen molar-refractivity contribution in [3.05, 3.63) is 71.8 Å². The summed E-state index contributed by atoms with van der Waals surface area (Å²) in [6.07, 6.45) is 0.404. The Morgan fingerprint density at radius 1 is 1.03 bits per heavy atom. The molecule has 3 amide bonds. The minimum atomic E-state index is -1.76. The molecule has 0 fully saturated rings. The molecule has 0 bridgehead atoms. The maximum absolute atomic E-state index is 13.8. The highest BCUT2D eigenvalue weighted by molar-refractivity contribution is 6.34. The molecule has 2 unspecified atom stereocenters. The largest absolute Gasteiger partial charge is 0.443 e. The van der Waals surface area contributed by atoms with Crippen molar-refractivity contribution in [3.63, 3.8) is 0 Å². The number of benzene rings is 2. The maximum Gasteiger partial charge on any atom is 0.418 e. The first-order valence-electron chi connectivity index (χ1n) is 9.95. The lowest BCUT2D eigenvalue weighted by Gasteiger charge is -2.44. The second-order valence-electron chi connectivity index (χ2n) is 8.63. The molecule has 6 nitrogen and oxygen atoms in total. The molecule has 2 aliphatic rings. The number of imide groups is 1. The van der Waals surface area contributed by atoms with Crippen LogP contribution in [0.25, 0.3) is 5.57 Å². The van der Waals surface area contributed by atoms with Crippen LogP contribution in [0.15, 0.2) is 60.7 Å². The quantitative estimate of drug-likeness (QED) is 0.621. The van der Waals surface area contributed by atoms with Crippen molar-refractivity contribution in [2.45, 2.75) is 37.3 Å². The number of nitrogens with zero attached hydrogens (tertiary/aromatic N) is 2. The Labute approximate surface area is 186 Å². The van der Waals surface area contributed by atoms with Crippen molar-refractivity contribution in [1.82, 2.24) is 4.90 Å². The average Bonchev–Trinajstić information content (AvgIpc) is 2.93. The molecule has 2 aromatic rings. The van der Waals surface area contributed by atoms with Gasteiger partial charge in [-0.3, -0.25) is 9.59 Å². The SMILES string of the molecule is CN1C(=O)C2(c3ccccc31)C(Cl)C(c1ccccc1)=CC(=O)N2C(=O)OC(C)(C)C. The Bertz CT molecular complexity index is 1110. The van der Waals surface area contributed by atoms with E-state index >= 15 is 0 Å². The summed E-state index contributed by atoms with van der Waals surface area (Å²) in [4.78, 5) is 42.7. The van der Waals surface area contributed by atoms with Gasteiger partial charge in [-0.15, -0.1) is 11.6 Å². The van der Waals surface area contributed by atoms with Crippen molar-refractivity contribution >= 4 is 40.8 Å². The van der Waals surface area contributed by atoms with Gasteiger partial charge in [-0.25, -0.2) is 9.69 Å².